The maximum atomic E-state index is 12.0. The second kappa shape index (κ2) is 7.09. The van der Waals surface area contributed by atoms with Crippen LogP contribution in [0.1, 0.15) is 12.6 Å². The van der Waals surface area contributed by atoms with Crippen molar-refractivity contribution >= 4 is 40.6 Å². The van der Waals surface area contributed by atoms with Crippen molar-refractivity contribution in [2.24, 2.45) is 0 Å². The van der Waals surface area contributed by atoms with Gasteiger partial charge in [0.05, 0.1) is 10.8 Å². The molecular weight excluding hydrogens is 338 g/mol. The first-order valence-corrected chi connectivity index (χ1v) is 7.20. The number of hydrogen-bond donors (Lipinski definition) is 2. The Morgan fingerprint density at radius 1 is 1.25 bits per heavy atom. The quantitative estimate of drug-likeness (QED) is 0.633. The molecule has 0 saturated carbocycles. The molecule has 2 amide bonds. The number of hydrogen-bond acceptors (Lipinski definition) is 5. The average molecular weight is 352 g/mol. The van der Waals surface area contributed by atoms with Gasteiger partial charge in [-0.15, -0.1) is 0 Å². The van der Waals surface area contributed by atoms with Gasteiger partial charge in [0.15, 0.2) is 5.02 Å². The van der Waals surface area contributed by atoms with Crippen LogP contribution >= 0.6 is 11.6 Å². The number of benzene rings is 1. The van der Waals surface area contributed by atoms with Gasteiger partial charge < -0.3 is 20.7 Å². The van der Waals surface area contributed by atoms with E-state index in [1.54, 1.807) is 24.3 Å². The Hall–Kier alpha value is -2.94. The van der Waals surface area contributed by atoms with Crippen molar-refractivity contribution in [3.8, 4) is 0 Å². The molecule has 0 unspecified atom stereocenters. The van der Waals surface area contributed by atoms with E-state index in [2.05, 4.69) is 15.7 Å². The van der Waals surface area contributed by atoms with Crippen LogP contribution in [-0.2, 0) is 16.1 Å². The van der Waals surface area contributed by atoms with E-state index in [4.69, 9.17) is 11.6 Å². The predicted molar refractivity (Wildman–Crippen MR) is 88.0 cm³/mol. The molecule has 2 rings (SSSR count). The number of amides is 2. The molecule has 0 aliphatic rings. The Bertz CT molecular complexity index is 800. The number of nitrogens with one attached hydrogen (secondary N) is 2. The third-order valence-electron chi connectivity index (χ3n) is 3.07. The molecule has 0 aliphatic carbocycles. The van der Waals surface area contributed by atoms with E-state index >= 15 is 0 Å². The molecule has 1 heterocycles. The first-order valence-electron chi connectivity index (χ1n) is 6.82. The van der Waals surface area contributed by atoms with Crippen molar-refractivity contribution in [3.05, 3.63) is 45.1 Å². The molecule has 0 radical (unpaired) electrons. The Morgan fingerprint density at radius 2 is 1.79 bits per heavy atom. The van der Waals surface area contributed by atoms with Crippen LogP contribution in [0.5, 0.6) is 0 Å². The average Bonchev–Trinajstić information content (AvgIpc) is 2.77. The Labute approximate surface area is 141 Å². The van der Waals surface area contributed by atoms with Gasteiger partial charge >= 0.3 is 5.82 Å². The zero-order valence-electron chi connectivity index (χ0n) is 12.9. The summed E-state index contributed by atoms with van der Waals surface area (Å²) in [4.78, 5) is 33.1. The standard InChI is InChI=1S/C14H14ClN5O4/c1-8-13(15)14(20(23)24)18-19(8)7-12(22)17-11-5-3-10(4-6-11)16-9(2)21/h3-6H,7H2,1-2H3,(H,16,21)(H,17,22). The zero-order valence-corrected chi connectivity index (χ0v) is 13.6. The smallest absolute Gasteiger partial charge is 0.358 e. The van der Waals surface area contributed by atoms with E-state index in [1.165, 1.54) is 18.5 Å². The third kappa shape index (κ3) is 4.07. The first-order chi connectivity index (χ1) is 11.3. The monoisotopic (exact) mass is 351 g/mol. The summed E-state index contributed by atoms with van der Waals surface area (Å²) in [6.45, 7) is 2.72. The van der Waals surface area contributed by atoms with Gasteiger partial charge in [-0.25, -0.2) is 0 Å². The number of nitrogens with zero attached hydrogens (tertiary/aromatic N) is 3. The second-order valence-electron chi connectivity index (χ2n) is 4.94. The summed E-state index contributed by atoms with van der Waals surface area (Å²) in [5.74, 6) is -1.10. The SMILES string of the molecule is CC(=O)Nc1ccc(NC(=O)Cn2nc([N+](=O)[O-])c(Cl)c2C)cc1. The largest absolute Gasteiger partial charge is 0.408 e. The molecule has 0 saturated heterocycles. The van der Waals surface area contributed by atoms with Gasteiger partial charge in [0.2, 0.25) is 11.8 Å². The molecule has 0 bridgehead atoms. The van der Waals surface area contributed by atoms with E-state index in [0.717, 1.165) is 0 Å². The minimum atomic E-state index is -0.704. The molecule has 0 aliphatic heterocycles. The van der Waals surface area contributed by atoms with Crippen molar-refractivity contribution in [2.75, 3.05) is 10.6 Å². The van der Waals surface area contributed by atoms with Crippen molar-refractivity contribution < 1.29 is 14.5 Å². The van der Waals surface area contributed by atoms with Gasteiger partial charge in [-0.1, -0.05) is 11.6 Å². The number of nitro groups is 1. The van der Waals surface area contributed by atoms with Crippen LogP contribution in [-0.4, -0.2) is 26.5 Å². The molecule has 0 spiro atoms. The fourth-order valence-electron chi connectivity index (χ4n) is 1.96. The van der Waals surface area contributed by atoms with Crippen LogP contribution in [0.4, 0.5) is 17.2 Å². The fraction of sp³-hybridized carbons (Fsp3) is 0.214. The molecular formula is C14H14ClN5O4. The molecule has 2 aromatic rings. The second-order valence-corrected chi connectivity index (χ2v) is 5.32. The molecule has 2 N–H and O–H groups in total. The van der Waals surface area contributed by atoms with Gasteiger partial charge in [-0.05, 0) is 36.1 Å². The first kappa shape index (κ1) is 17.4. The van der Waals surface area contributed by atoms with Crippen LogP contribution < -0.4 is 10.6 Å². The third-order valence-corrected chi connectivity index (χ3v) is 3.51. The summed E-state index contributed by atoms with van der Waals surface area (Å²) in [6.07, 6.45) is 0. The van der Waals surface area contributed by atoms with Gasteiger partial charge in [-0.2, -0.15) is 4.68 Å². The lowest BCUT2D eigenvalue weighted by atomic mass is 10.2. The van der Waals surface area contributed by atoms with Crippen LogP contribution in [0.25, 0.3) is 0 Å². The van der Waals surface area contributed by atoms with E-state index in [0.29, 0.717) is 17.1 Å². The van der Waals surface area contributed by atoms with Gasteiger partial charge in [0.1, 0.15) is 6.54 Å². The Balaban J connectivity index is 2.04. The zero-order chi connectivity index (χ0) is 17.9. The normalized spacial score (nSPS) is 10.3. The minimum absolute atomic E-state index is 0.0903. The van der Waals surface area contributed by atoms with Crippen LogP contribution in [0, 0.1) is 17.0 Å². The Morgan fingerprint density at radius 3 is 2.25 bits per heavy atom. The van der Waals surface area contributed by atoms with Crippen molar-refractivity contribution in [1.29, 1.82) is 0 Å². The van der Waals surface area contributed by atoms with E-state index in [1.807, 2.05) is 0 Å². The highest BCUT2D eigenvalue weighted by atomic mass is 35.5. The molecule has 1 aromatic heterocycles. The minimum Gasteiger partial charge on any atom is -0.358 e. The molecule has 0 atom stereocenters. The Kier molecular flexibility index (Phi) is 5.14. The number of aromatic nitrogens is 2. The number of carbonyl (C=O) groups is 2. The highest BCUT2D eigenvalue weighted by Gasteiger charge is 2.24. The summed E-state index contributed by atoms with van der Waals surface area (Å²) in [5, 5.41) is 19.7. The molecule has 126 valence electrons. The fourth-order valence-corrected chi connectivity index (χ4v) is 2.16. The highest BCUT2D eigenvalue weighted by Crippen LogP contribution is 2.26. The van der Waals surface area contributed by atoms with Crippen molar-refractivity contribution in [2.45, 2.75) is 20.4 Å². The van der Waals surface area contributed by atoms with Gasteiger partial charge in [0.25, 0.3) is 0 Å². The maximum absolute atomic E-state index is 12.0. The lowest BCUT2D eigenvalue weighted by Crippen LogP contribution is -2.20. The van der Waals surface area contributed by atoms with Crippen LogP contribution in [0.2, 0.25) is 5.02 Å². The predicted octanol–water partition coefficient (Wildman–Crippen LogP) is 2.35. The maximum Gasteiger partial charge on any atom is 0.408 e. The topological polar surface area (TPSA) is 119 Å². The van der Waals surface area contributed by atoms with Crippen LogP contribution in [0.3, 0.4) is 0 Å². The summed E-state index contributed by atoms with van der Waals surface area (Å²) in [5.41, 5.74) is 1.45. The highest BCUT2D eigenvalue weighted by molar-refractivity contribution is 6.33. The van der Waals surface area contributed by atoms with E-state index in [9.17, 15) is 19.7 Å². The number of halogens is 1. The molecule has 10 heteroatoms. The van der Waals surface area contributed by atoms with Crippen LogP contribution in [0.15, 0.2) is 24.3 Å². The van der Waals surface area contributed by atoms with E-state index < -0.39 is 16.6 Å². The molecule has 0 fully saturated rings. The summed E-state index contributed by atoms with van der Waals surface area (Å²) in [6, 6.07) is 6.51. The summed E-state index contributed by atoms with van der Waals surface area (Å²) < 4.78 is 1.17. The summed E-state index contributed by atoms with van der Waals surface area (Å²) in [7, 11) is 0. The molecule has 9 nitrogen and oxygen atoms in total. The lowest BCUT2D eigenvalue weighted by Gasteiger charge is -2.06. The lowest BCUT2D eigenvalue weighted by molar-refractivity contribution is -0.389. The van der Waals surface area contributed by atoms with E-state index in [-0.39, 0.29) is 17.5 Å². The summed E-state index contributed by atoms with van der Waals surface area (Å²) >= 11 is 5.82. The molecule has 24 heavy (non-hydrogen) atoms. The number of anilines is 2. The number of rotatable bonds is 5. The van der Waals surface area contributed by atoms with Gasteiger partial charge in [0, 0.05) is 18.3 Å². The number of carbonyl (C=O) groups excluding carboxylic acids is 2. The van der Waals surface area contributed by atoms with Gasteiger partial charge in [-0.3, -0.25) is 9.59 Å². The molecule has 1 aromatic carbocycles. The van der Waals surface area contributed by atoms with Crippen molar-refractivity contribution in [3.63, 3.8) is 0 Å². The van der Waals surface area contributed by atoms with Crippen molar-refractivity contribution in [1.82, 2.24) is 9.78 Å².